The van der Waals surface area contributed by atoms with Gasteiger partial charge in [0.05, 0.1) is 11.9 Å². The van der Waals surface area contributed by atoms with E-state index in [4.69, 9.17) is 0 Å². The van der Waals surface area contributed by atoms with E-state index in [1.165, 1.54) is 18.3 Å². The summed E-state index contributed by atoms with van der Waals surface area (Å²) in [4.78, 5) is 6.43. The summed E-state index contributed by atoms with van der Waals surface area (Å²) in [6, 6.07) is 3.91. The molecule has 2 rings (SSSR count). The zero-order chi connectivity index (χ0) is 13.3. The van der Waals surface area contributed by atoms with Crippen LogP contribution in [0.2, 0.25) is 0 Å². The minimum atomic E-state index is -3.77. The number of aromatic amines is 1. The third-order valence-electron chi connectivity index (χ3n) is 2.41. The van der Waals surface area contributed by atoms with Crippen LogP contribution in [0.4, 0.5) is 10.1 Å². The quantitative estimate of drug-likeness (QED) is 0.894. The van der Waals surface area contributed by atoms with Crippen molar-refractivity contribution in [1.82, 2.24) is 9.97 Å². The van der Waals surface area contributed by atoms with Gasteiger partial charge in [-0.05, 0) is 31.5 Å². The molecule has 0 aliphatic heterocycles. The van der Waals surface area contributed by atoms with Crippen LogP contribution in [0.25, 0.3) is 0 Å². The normalized spacial score (nSPS) is 11.5. The molecule has 0 atom stereocenters. The first kappa shape index (κ1) is 12.6. The van der Waals surface area contributed by atoms with Gasteiger partial charge in [0.2, 0.25) is 0 Å². The molecule has 0 radical (unpaired) electrons. The maximum absolute atomic E-state index is 13.1. The topological polar surface area (TPSA) is 74.8 Å². The molecule has 18 heavy (non-hydrogen) atoms. The summed E-state index contributed by atoms with van der Waals surface area (Å²) < 4.78 is 39.3. The van der Waals surface area contributed by atoms with Crippen molar-refractivity contribution in [3.63, 3.8) is 0 Å². The van der Waals surface area contributed by atoms with Crippen LogP contribution < -0.4 is 4.72 Å². The van der Waals surface area contributed by atoms with E-state index in [-0.39, 0.29) is 10.7 Å². The minimum Gasteiger partial charge on any atom is -0.332 e. The fraction of sp³-hybridized carbons (Fsp3) is 0.182. The van der Waals surface area contributed by atoms with E-state index in [0.717, 1.165) is 6.07 Å². The second-order valence-electron chi connectivity index (χ2n) is 3.90. The maximum atomic E-state index is 13.1. The molecule has 0 unspecified atom stereocenters. The molecule has 0 saturated heterocycles. The Hall–Kier alpha value is -1.89. The van der Waals surface area contributed by atoms with Gasteiger partial charge in [-0.3, -0.25) is 4.72 Å². The van der Waals surface area contributed by atoms with E-state index in [2.05, 4.69) is 14.7 Å². The Balaban J connectivity index is 2.36. The molecule has 0 saturated carbocycles. The number of imidazole rings is 1. The summed E-state index contributed by atoms with van der Waals surface area (Å²) in [6.07, 6.45) is 1.21. The Bertz CT molecular complexity index is 679. The second-order valence-corrected chi connectivity index (χ2v) is 5.55. The zero-order valence-electron chi connectivity index (χ0n) is 9.86. The van der Waals surface area contributed by atoms with Crippen molar-refractivity contribution in [1.29, 1.82) is 0 Å². The molecule has 1 aromatic carbocycles. The van der Waals surface area contributed by atoms with Gasteiger partial charge < -0.3 is 4.98 Å². The first-order chi connectivity index (χ1) is 8.38. The van der Waals surface area contributed by atoms with Gasteiger partial charge in [-0.2, -0.15) is 8.42 Å². The third kappa shape index (κ3) is 2.51. The number of hydrogen-bond acceptors (Lipinski definition) is 3. The van der Waals surface area contributed by atoms with E-state index in [0.29, 0.717) is 11.4 Å². The number of benzene rings is 1. The first-order valence-corrected chi connectivity index (χ1v) is 6.67. The van der Waals surface area contributed by atoms with Crippen LogP contribution in [0.1, 0.15) is 11.4 Å². The molecule has 96 valence electrons. The van der Waals surface area contributed by atoms with Crippen molar-refractivity contribution >= 4 is 15.7 Å². The number of aryl methyl sites for hydroxylation is 2. The molecular formula is C11H12FN3O2S. The van der Waals surface area contributed by atoms with Crippen LogP contribution in [-0.2, 0) is 10.0 Å². The predicted molar refractivity (Wildman–Crippen MR) is 65.3 cm³/mol. The van der Waals surface area contributed by atoms with Gasteiger partial charge in [0.1, 0.15) is 11.6 Å². The zero-order valence-corrected chi connectivity index (χ0v) is 10.7. The first-order valence-electron chi connectivity index (χ1n) is 5.19. The summed E-state index contributed by atoms with van der Waals surface area (Å²) in [5.41, 5.74) is 0.846. The molecule has 0 fully saturated rings. The van der Waals surface area contributed by atoms with Crippen molar-refractivity contribution in [2.75, 3.05) is 4.72 Å². The van der Waals surface area contributed by atoms with E-state index in [1.807, 2.05) is 0 Å². The molecule has 2 N–H and O–H groups in total. The molecule has 7 heteroatoms. The smallest absolute Gasteiger partial charge is 0.278 e. The summed E-state index contributed by atoms with van der Waals surface area (Å²) in [5, 5.41) is -0.0522. The van der Waals surface area contributed by atoms with Crippen molar-refractivity contribution in [3.05, 3.63) is 41.6 Å². The maximum Gasteiger partial charge on any atom is 0.278 e. The van der Waals surface area contributed by atoms with Crippen molar-refractivity contribution in [2.45, 2.75) is 18.9 Å². The van der Waals surface area contributed by atoms with Gasteiger partial charge >= 0.3 is 0 Å². The third-order valence-corrected chi connectivity index (χ3v) is 3.69. The molecule has 0 bridgehead atoms. The SMILES string of the molecule is Cc1ncc(S(=O)(=O)Nc2cc(F)ccc2C)[nH]1. The number of nitrogens with one attached hydrogen (secondary N) is 2. The van der Waals surface area contributed by atoms with Gasteiger partial charge in [0, 0.05) is 0 Å². The molecule has 0 amide bonds. The van der Waals surface area contributed by atoms with E-state index < -0.39 is 15.8 Å². The predicted octanol–water partition coefficient (Wildman–Crippen LogP) is 1.97. The van der Waals surface area contributed by atoms with Crippen LogP contribution in [0, 0.1) is 19.7 Å². The van der Waals surface area contributed by atoms with E-state index >= 15 is 0 Å². The van der Waals surface area contributed by atoms with Gasteiger partial charge in [0.25, 0.3) is 10.0 Å². The molecule has 2 aromatic rings. The average molecular weight is 269 g/mol. The highest BCUT2D eigenvalue weighted by Gasteiger charge is 2.17. The van der Waals surface area contributed by atoms with E-state index in [1.54, 1.807) is 13.8 Å². The summed E-state index contributed by atoms with van der Waals surface area (Å²) >= 11 is 0. The van der Waals surface area contributed by atoms with E-state index in [9.17, 15) is 12.8 Å². The number of halogens is 1. The number of rotatable bonds is 3. The number of anilines is 1. The Morgan fingerprint density at radius 3 is 2.67 bits per heavy atom. The lowest BCUT2D eigenvalue weighted by Crippen LogP contribution is -2.14. The molecule has 0 aliphatic carbocycles. The van der Waals surface area contributed by atoms with Crippen LogP contribution in [0.3, 0.4) is 0 Å². The number of aromatic nitrogens is 2. The van der Waals surface area contributed by atoms with Crippen LogP contribution >= 0.6 is 0 Å². The Kier molecular flexibility index (Phi) is 3.08. The van der Waals surface area contributed by atoms with Gasteiger partial charge in [-0.25, -0.2) is 9.37 Å². The highest BCUT2D eigenvalue weighted by Crippen LogP contribution is 2.19. The van der Waals surface area contributed by atoms with Gasteiger partial charge in [0.15, 0.2) is 5.03 Å². The lowest BCUT2D eigenvalue weighted by atomic mass is 10.2. The lowest BCUT2D eigenvalue weighted by molar-refractivity contribution is 0.598. The van der Waals surface area contributed by atoms with Crippen molar-refractivity contribution in [3.8, 4) is 0 Å². The Morgan fingerprint density at radius 2 is 2.06 bits per heavy atom. The molecular weight excluding hydrogens is 257 g/mol. The minimum absolute atomic E-state index is 0.0522. The fourth-order valence-electron chi connectivity index (χ4n) is 1.44. The standard InChI is InChI=1S/C11H12FN3O2S/c1-7-3-4-9(12)5-10(7)15-18(16,17)11-6-13-8(2)14-11/h3-6,15H,1-2H3,(H,13,14). The van der Waals surface area contributed by atoms with Gasteiger partial charge in [-0.1, -0.05) is 6.07 Å². The largest absolute Gasteiger partial charge is 0.332 e. The Morgan fingerprint density at radius 1 is 1.33 bits per heavy atom. The molecule has 1 heterocycles. The van der Waals surface area contributed by atoms with Crippen molar-refractivity contribution in [2.24, 2.45) is 0 Å². The fourth-order valence-corrected chi connectivity index (χ4v) is 2.53. The summed E-state index contributed by atoms with van der Waals surface area (Å²) in [6.45, 7) is 3.34. The highest BCUT2D eigenvalue weighted by atomic mass is 32.2. The number of sulfonamides is 1. The molecule has 5 nitrogen and oxygen atoms in total. The number of H-pyrrole nitrogens is 1. The van der Waals surface area contributed by atoms with Crippen LogP contribution in [-0.4, -0.2) is 18.4 Å². The number of nitrogens with zero attached hydrogens (tertiary/aromatic N) is 1. The monoisotopic (exact) mass is 269 g/mol. The molecule has 0 aliphatic rings. The summed E-state index contributed by atoms with van der Waals surface area (Å²) in [5.74, 6) is -0.00886. The lowest BCUT2D eigenvalue weighted by Gasteiger charge is -2.09. The van der Waals surface area contributed by atoms with Crippen molar-refractivity contribution < 1.29 is 12.8 Å². The summed E-state index contributed by atoms with van der Waals surface area (Å²) in [7, 11) is -3.77. The Labute approximate surface area is 104 Å². The van der Waals surface area contributed by atoms with Crippen LogP contribution in [0.5, 0.6) is 0 Å². The van der Waals surface area contributed by atoms with Crippen LogP contribution in [0.15, 0.2) is 29.4 Å². The van der Waals surface area contributed by atoms with Gasteiger partial charge in [-0.15, -0.1) is 0 Å². The average Bonchev–Trinajstić information content (AvgIpc) is 2.71. The highest BCUT2D eigenvalue weighted by molar-refractivity contribution is 7.92. The second kappa shape index (κ2) is 4.41. The molecule has 1 aromatic heterocycles. The molecule has 0 spiro atoms. The number of hydrogen-bond donors (Lipinski definition) is 2.